The average molecular weight is 447 g/mol. The van der Waals surface area contributed by atoms with E-state index < -0.39 is 0 Å². The number of amides is 1. The van der Waals surface area contributed by atoms with Crippen molar-refractivity contribution in [2.45, 2.75) is 32.4 Å². The molecule has 0 spiro atoms. The number of halogens is 1. The van der Waals surface area contributed by atoms with Gasteiger partial charge in [-0.25, -0.2) is 9.37 Å². The van der Waals surface area contributed by atoms with Gasteiger partial charge in [-0.15, -0.1) is 0 Å². The summed E-state index contributed by atoms with van der Waals surface area (Å²) in [6.07, 6.45) is 6.32. The van der Waals surface area contributed by atoms with Crippen molar-refractivity contribution in [3.05, 3.63) is 89.5 Å². The Bertz CT molecular complexity index is 1240. The van der Waals surface area contributed by atoms with E-state index in [2.05, 4.69) is 27.0 Å². The molecule has 2 aromatic heterocycles. The van der Waals surface area contributed by atoms with Gasteiger partial charge in [0.1, 0.15) is 12.1 Å². The summed E-state index contributed by atoms with van der Waals surface area (Å²) in [6, 6.07) is 15.0. The largest absolute Gasteiger partial charge is 0.447 e. The first kappa shape index (κ1) is 21.4. The number of aromatic nitrogens is 2. The molecule has 33 heavy (non-hydrogen) atoms. The van der Waals surface area contributed by atoms with Crippen LogP contribution < -0.4 is 0 Å². The fourth-order valence-corrected chi connectivity index (χ4v) is 4.45. The summed E-state index contributed by atoms with van der Waals surface area (Å²) < 4.78 is 20.0. The van der Waals surface area contributed by atoms with Crippen LogP contribution in [0.2, 0.25) is 0 Å². The van der Waals surface area contributed by atoms with Crippen LogP contribution in [0.1, 0.15) is 40.3 Å². The Kier molecular flexibility index (Phi) is 6.21. The summed E-state index contributed by atoms with van der Waals surface area (Å²) in [7, 11) is 0. The summed E-state index contributed by atoms with van der Waals surface area (Å²) in [4.78, 5) is 24.3. The highest BCUT2D eigenvalue weighted by Crippen LogP contribution is 2.20. The molecule has 1 aliphatic rings. The molecule has 0 unspecified atom stereocenters. The molecule has 170 valence electrons. The van der Waals surface area contributed by atoms with E-state index in [4.69, 9.17) is 4.42 Å². The van der Waals surface area contributed by atoms with Crippen LogP contribution in [-0.4, -0.2) is 45.3 Å². The number of aromatic amines is 1. The summed E-state index contributed by atoms with van der Waals surface area (Å²) >= 11 is 0. The molecule has 1 amide bonds. The number of fused-ring (bicyclic) bond motifs is 1. The van der Waals surface area contributed by atoms with Crippen molar-refractivity contribution in [2.75, 3.05) is 19.6 Å². The molecular formula is C26H27FN4O2. The van der Waals surface area contributed by atoms with E-state index in [0.717, 1.165) is 37.9 Å². The first-order chi connectivity index (χ1) is 16.2. The Balaban J connectivity index is 1.32. The second kappa shape index (κ2) is 9.58. The highest BCUT2D eigenvalue weighted by Gasteiger charge is 2.23. The van der Waals surface area contributed by atoms with Crippen molar-refractivity contribution in [3.8, 4) is 0 Å². The second-order valence-corrected chi connectivity index (χ2v) is 8.54. The van der Waals surface area contributed by atoms with Gasteiger partial charge in [-0.1, -0.05) is 36.4 Å². The lowest BCUT2D eigenvalue weighted by Gasteiger charge is -2.21. The summed E-state index contributed by atoms with van der Waals surface area (Å²) in [5.74, 6) is 0.154. The summed E-state index contributed by atoms with van der Waals surface area (Å²) in [5, 5.41) is 1.19. The molecular weight excluding hydrogens is 419 g/mol. The molecule has 4 aromatic rings. The quantitative estimate of drug-likeness (QED) is 0.423. The lowest BCUT2D eigenvalue weighted by molar-refractivity contribution is 0.0787. The van der Waals surface area contributed by atoms with E-state index in [9.17, 15) is 9.18 Å². The van der Waals surface area contributed by atoms with Gasteiger partial charge in [-0.3, -0.25) is 9.69 Å². The molecule has 0 aliphatic carbocycles. The number of rotatable bonds is 8. The van der Waals surface area contributed by atoms with Gasteiger partial charge in [0.05, 0.1) is 6.54 Å². The molecule has 0 radical (unpaired) electrons. The number of oxazole rings is 1. The van der Waals surface area contributed by atoms with Crippen LogP contribution >= 0.6 is 0 Å². The zero-order valence-corrected chi connectivity index (χ0v) is 18.5. The normalized spacial score (nSPS) is 13.9. The van der Waals surface area contributed by atoms with Crippen LogP contribution in [0.25, 0.3) is 10.9 Å². The van der Waals surface area contributed by atoms with Crippen LogP contribution in [0, 0.1) is 5.82 Å². The molecule has 1 fully saturated rings. The number of nitrogens with zero attached hydrogens (tertiary/aromatic N) is 3. The molecule has 2 aromatic carbocycles. The third-order valence-corrected chi connectivity index (χ3v) is 6.25. The number of hydrogen-bond acceptors (Lipinski definition) is 4. The molecule has 1 N–H and O–H groups in total. The minimum absolute atomic E-state index is 0.0815. The molecule has 0 bridgehead atoms. The maximum absolute atomic E-state index is 14.4. The van der Waals surface area contributed by atoms with E-state index in [1.165, 1.54) is 23.3 Å². The third kappa shape index (κ3) is 4.83. The zero-order valence-electron chi connectivity index (χ0n) is 18.5. The van der Waals surface area contributed by atoms with Gasteiger partial charge in [0.15, 0.2) is 5.69 Å². The summed E-state index contributed by atoms with van der Waals surface area (Å²) in [6.45, 7) is 3.04. The number of para-hydroxylation sites is 1. The molecule has 1 aliphatic heterocycles. The van der Waals surface area contributed by atoms with Crippen molar-refractivity contribution < 1.29 is 13.6 Å². The van der Waals surface area contributed by atoms with Crippen LogP contribution in [0.15, 0.2) is 65.4 Å². The maximum atomic E-state index is 14.4. The monoisotopic (exact) mass is 446 g/mol. The molecule has 1 saturated heterocycles. The van der Waals surface area contributed by atoms with Crippen LogP contribution in [0.4, 0.5) is 4.39 Å². The Hall–Kier alpha value is -3.45. The Morgan fingerprint density at radius 3 is 2.70 bits per heavy atom. The third-order valence-electron chi connectivity index (χ3n) is 6.25. The van der Waals surface area contributed by atoms with E-state index >= 15 is 0 Å². The first-order valence-corrected chi connectivity index (χ1v) is 11.4. The minimum Gasteiger partial charge on any atom is -0.447 e. The van der Waals surface area contributed by atoms with Gasteiger partial charge < -0.3 is 14.3 Å². The fourth-order valence-electron chi connectivity index (χ4n) is 4.45. The van der Waals surface area contributed by atoms with Crippen molar-refractivity contribution in [3.63, 3.8) is 0 Å². The minimum atomic E-state index is -0.230. The van der Waals surface area contributed by atoms with E-state index in [-0.39, 0.29) is 11.7 Å². The SMILES string of the molecule is O=C(c1coc(CN(CCc2c[nH]c3ccccc23)Cc2ccccc2F)n1)N1CCCC1. The standard InChI is InChI=1S/C26H27FN4O2/c27-22-9-3-1-7-20(22)16-30(14-11-19-15-28-23-10-4-2-8-21(19)23)17-25-29-24(18-33-25)26(32)31-12-5-6-13-31/h1-4,7-10,15,18,28H,5-6,11-14,16-17H2. The number of carbonyl (C=O) groups is 1. The van der Waals surface area contributed by atoms with Crippen molar-refractivity contribution in [2.24, 2.45) is 0 Å². The highest BCUT2D eigenvalue weighted by atomic mass is 19.1. The van der Waals surface area contributed by atoms with Gasteiger partial charge >= 0.3 is 0 Å². The predicted molar refractivity (Wildman–Crippen MR) is 124 cm³/mol. The van der Waals surface area contributed by atoms with Gasteiger partial charge in [0.25, 0.3) is 5.91 Å². The topological polar surface area (TPSA) is 65.4 Å². The van der Waals surface area contributed by atoms with E-state index in [1.807, 2.05) is 29.3 Å². The molecule has 7 heteroatoms. The lowest BCUT2D eigenvalue weighted by atomic mass is 10.1. The number of carbonyl (C=O) groups excluding carboxylic acids is 1. The first-order valence-electron chi connectivity index (χ1n) is 11.4. The Morgan fingerprint density at radius 1 is 1.06 bits per heavy atom. The van der Waals surface area contributed by atoms with Crippen molar-refractivity contribution >= 4 is 16.8 Å². The van der Waals surface area contributed by atoms with Gasteiger partial charge in [-0.2, -0.15) is 0 Å². The predicted octanol–water partition coefficient (Wildman–Crippen LogP) is 4.78. The number of hydrogen-bond donors (Lipinski definition) is 1. The second-order valence-electron chi connectivity index (χ2n) is 8.54. The molecule has 5 rings (SSSR count). The van der Waals surface area contributed by atoms with Crippen LogP contribution in [0.5, 0.6) is 0 Å². The molecule has 0 saturated carbocycles. The molecule has 6 nitrogen and oxygen atoms in total. The number of benzene rings is 2. The van der Waals surface area contributed by atoms with Crippen molar-refractivity contribution in [1.29, 1.82) is 0 Å². The molecule has 0 atom stereocenters. The van der Waals surface area contributed by atoms with Crippen LogP contribution in [0.3, 0.4) is 0 Å². The average Bonchev–Trinajstić information content (AvgIpc) is 3.60. The van der Waals surface area contributed by atoms with Gasteiger partial charge in [0.2, 0.25) is 5.89 Å². The highest BCUT2D eigenvalue weighted by molar-refractivity contribution is 5.92. The van der Waals surface area contributed by atoms with Gasteiger partial charge in [0, 0.05) is 48.8 Å². The van der Waals surface area contributed by atoms with E-state index in [0.29, 0.717) is 36.8 Å². The number of nitrogens with one attached hydrogen (secondary N) is 1. The zero-order chi connectivity index (χ0) is 22.6. The maximum Gasteiger partial charge on any atom is 0.275 e. The lowest BCUT2D eigenvalue weighted by Crippen LogP contribution is -2.28. The fraction of sp³-hybridized carbons (Fsp3) is 0.308. The number of H-pyrrole nitrogens is 1. The van der Waals surface area contributed by atoms with Crippen molar-refractivity contribution in [1.82, 2.24) is 19.8 Å². The van der Waals surface area contributed by atoms with Crippen LogP contribution in [-0.2, 0) is 19.5 Å². The van der Waals surface area contributed by atoms with E-state index in [1.54, 1.807) is 12.1 Å². The summed E-state index contributed by atoms with van der Waals surface area (Å²) in [5.41, 5.74) is 3.28. The Morgan fingerprint density at radius 2 is 1.85 bits per heavy atom. The Labute approximate surface area is 192 Å². The van der Waals surface area contributed by atoms with Gasteiger partial charge in [-0.05, 0) is 37.0 Å². The number of likely N-dealkylation sites (tertiary alicyclic amines) is 1. The molecule has 3 heterocycles. The smallest absolute Gasteiger partial charge is 0.275 e.